The van der Waals surface area contributed by atoms with Gasteiger partial charge in [-0.05, 0) is 30.7 Å². The third-order valence-corrected chi connectivity index (χ3v) is 5.91. The Morgan fingerprint density at radius 3 is 2.66 bits per heavy atom. The van der Waals surface area contributed by atoms with E-state index in [1.807, 2.05) is 64.9 Å². The number of benzene rings is 2. The third kappa shape index (κ3) is 3.92. The van der Waals surface area contributed by atoms with Gasteiger partial charge < -0.3 is 19.4 Å². The Labute approximate surface area is 190 Å². The second-order valence-corrected chi connectivity index (χ2v) is 8.11. The van der Waals surface area contributed by atoms with E-state index in [0.29, 0.717) is 42.7 Å². The second-order valence-electron chi connectivity index (χ2n) is 7.70. The molecule has 1 N–H and O–H groups in total. The Morgan fingerprint density at radius 1 is 1.12 bits per heavy atom. The van der Waals surface area contributed by atoms with E-state index < -0.39 is 0 Å². The molecule has 1 aliphatic heterocycles. The quantitative estimate of drug-likeness (QED) is 0.496. The van der Waals surface area contributed by atoms with Crippen molar-refractivity contribution in [3.05, 3.63) is 77.3 Å². The highest BCUT2D eigenvalue weighted by atomic mass is 35.5. The van der Waals surface area contributed by atoms with Gasteiger partial charge in [-0.15, -0.1) is 0 Å². The molecule has 2 aromatic carbocycles. The minimum atomic E-state index is 0.0226. The van der Waals surface area contributed by atoms with Gasteiger partial charge in [-0.1, -0.05) is 35.9 Å². The van der Waals surface area contributed by atoms with Crippen LogP contribution in [0.4, 0.5) is 11.5 Å². The molecule has 1 amide bonds. The van der Waals surface area contributed by atoms with Crippen LogP contribution < -0.4 is 5.32 Å². The zero-order valence-electron chi connectivity index (χ0n) is 17.6. The first-order valence-corrected chi connectivity index (χ1v) is 10.8. The van der Waals surface area contributed by atoms with Crippen molar-refractivity contribution >= 4 is 34.5 Å². The van der Waals surface area contributed by atoms with E-state index in [-0.39, 0.29) is 5.91 Å². The number of ether oxygens (including phenoxy) is 1. The maximum Gasteiger partial charge on any atom is 0.254 e. The van der Waals surface area contributed by atoms with Crippen molar-refractivity contribution < 1.29 is 9.53 Å². The van der Waals surface area contributed by atoms with E-state index in [4.69, 9.17) is 21.3 Å². The van der Waals surface area contributed by atoms with Gasteiger partial charge in [0.2, 0.25) is 0 Å². The number of para-hydroxylation sites is 1. The Bertz CT molecular complexity index is 1260. The molecule has 0 saturated carbocycles. The minimum absolute atomic E-state index is 0.0226. The molecule has 0 radical (unpaired) electrons. The number of imidazole rings is 1. The third-order valence-electron chi connectivity index (χ3n) is 5.59. The SMILES string of the molecule is Cc1cccc(Cl)c1Nc1nc(-c2ccc(C(=O)N3CCOCC3)cc2)cn2cncc12. The molecule has 0 bridgehead atoms. The van der Waals surface area contributed by atoms with Gasteiger partial charge in [-0.3, -0.25) is 4.79 Å². The summed E-state index contributed by atoms with van der Waals surface area (Å²) in [5.74, 6) is 0.680. The molecular formula is C24H22ClN5O2. The fourth-order valence-electron chi connectivity index (χ4n) is 3.80. The summed E-state index contributed by atoms with van der Waals surface area (Å²) in [5.41, 5.74) is 4.99. The second kappa shape index (κ2) is 8.61. The largest absolute Gasteiger partial charge is 0.378 e. The first kappa shape index (κ1) is 20.5. The van der Waals surface area contributed by atoms with Crippen molar-refractivity contribution in [1.82, 2.24) is 19.3 Å². The number of halogens is 1. The van der Waals surface area contributed by atoms with E-state index >= 15 is 0 Å². The molecule has 32 heavy (non-hydrogen) atoms. The number of carbonyl (C=O) groups excluding carboxylic acids is 1. The number of aromatic nitrogens is 3. The Balaban J connectivity index is 1.47. The van der Waals surface area contributed by atoms with Gasteiger partial charge in [-0.2, -0.15) is 0 Å². The van der Waals surface area contributed by atoms with E-state index in [2.05, 4.69) is 10.3 Å². The average Bonchev–Trinajstić information content (AvgIpc) is 3.31. The van der Waals surface area contributed by atoms with Crippen LogP contribution in [0.3, 0.4) is 0 Å². The topological polar surface area (TPSA) is 71.8 Å². The molecule has 2 aromatic heterocycles. The van der Waals surface area contributed by atoms with E-state index in [9.17, 15) is 4.79 Å². The lowest BCUT2D eigenvalue weighted by Gasteiger charge is -2.26. The van der Waals surface area contributed by atoms with E-state index in [1.54, 1.807) is 12.5 Å². The number of nitrogens with zero attached hydrogens (tertiary/aromatic N) is 4. The lowest BCUT2D eigenvalue weighted by molar-refractivity contribution is 0.0303. The zero-order valence-corrected chi connectivity index (χ0v) is 18.3. The number of morpholine rings is 1. The number of aryl methyl sites for hydroxylation is 1. The van der Waals surface area contributed by atoms with E-state index in [1.165, 1.54) is 0 Å². The molecule has 8 heteroatoms. The van der Waals surface area contributed by atoms with Crippen LogP contribution in [0.15, 0.2) is 61.2 Å². The van der Waals surface area contributed by atoms with Crippen LogP contribution in [-0.4, -0.2) is 51.5 Å². The highest BCUT2D eigenvalue weighted by molar-refractivity contribution is 6.33. The summed E-state index contributed by atoms with van der Waals surface area (Å²) < 4.78 is 7.26. The van der Waals surface area contributed by atoms with Crippen molar-refractivity contribution in [2.45, 2.75) is 6.92 Å². The summed E-state index contributed by atoms with van der Waals surface area (Å²) in [6.45, 7) is 4.40. The normalized spacial score (nSPS) is 14.0. The van der Waals surface area contributed by atoms with Crippen LogP contribution in [0.1, 0.15) is 15.9 Å². The number of amides is 1. The molecule has 0 spiro atoms. The summed E-state index contributed by atoms with van der Waals surface area (Å²) >= 11 is 6.42. The molecule has 3 heterocycles. The van der Waals surface area contributed by atoms with Gasteiger partial charge in [0.25, 0.3) is 5.91 Å². The number of nitrogens with one attached hydrogen (secondary N) is 1. The predicted octanol–water partition coefficient (Wildman–Crippen LogP) is 4.57. The molecule has 0 atom stereocenters. The van der Waals surface area contributed by atoms with Crippen LogP contribution in [0.25, 0.3) is 16.8 Å². The first-order valence-electron chi connectivity index (χ1n) is 10.4. The van der Waals surface area contributed by atoms with Gasteiger partial charge in [0.15, 0.2) is 5.82 Å². The molecular weight excluding hydrogens is 426 g/mol. The van der Waals surface area contributed by atoms with E-state index in [0.717, 1.165) is 28.0 Å². The van der Waals surface area contributed by atoms with Crippen LogP contribution in [0.2, 0.25) is 5.02 Å². The summed E-state index contributed by atoms with van der Waals surface area (Å²) in [6, 6.07) is 13.3. The lowest BCUT2D eigenvalue weighted by Crippen LogP contribution is -2.40. The van der Waals surface area contributed by atoms with Crippen LogP contribution in [0.5, 0.6) is 0 Å². The smallest absolute Gasteiger partial charge is 0.254 e. The minimum Gasteiger partial charge on any atom is -0.378 e. The standard InChI is InChI=1S/C24H22ClN5O2/c1-16-3-2-4-19(25)22(16)28-23-21-13-26-15-30(21)14-20(27-23)17-5-7-18(8-6-17)24(31)29-9-11-32-12-10-29/h2-8,13-15H,9-12H2,1H3,(H,27,28). The van der Waals surface area contributed by atoms with Crippen LogP contribution in [-0.2, 0) is 4.74 Å². The van der Waals surface area contributed by atoms with Gasteiger partial charge >= 0.3 is 0 Å². The van der Waals surface area contributed by atoms with Crippen LogP contribution in [0, 0.1) is 6.92 Å². The molecule has 4 aromatic rings. The Hall–Kier alpha value is -3.42. The molecule has 1 saturated heterocycles. The Morgan fingerprint density at radius 2 is 1.91 bits per heavy atom. The van der Waals surface area contributed by atoms with Gasteiger partial charge in [-0.25, -0.2) is 9.97 Å². The maximum absolute atomic E-state index is 12.7. The van der Waals surface area contributed by atoms with Crippen molar-refractivity contribution in [1.29, 1.82) is 0 Å². The van der Waals surface area contributed by atoms with Crippen molar-refractivity contribution in [3.8, 4) is 11.3 Å². The summed E-state index contributed by atoms with van der Waals surface area (Å²) in [5, 5.41) is 4.00. The van der Waals surface area contributed by atoms with Gasteiger partial charge in [0.05, 0.1) is 42.1 Å². The number of hydrogen-bond acceptors (Lipinski definition) is 5. The number of carbonyl (C=O) groups is 1. The van der Waals surface area contributed by atoms with Gasteiger partial charge in [0.1, 0.15) is 5.52 Å². The van der Waals surface area contributed by atoms with Crippen molar-refractivity contribution in [2.24, 2.45) is 0 Å². The molecule has 0 aliphatic carbocycles. The molecule has 7 nitrogen and oxygen atoms in total. The van der Waals surface area contributed by atoms with Crippen molar-refractivity contribution in [2.75, 3.05) is 31.6 Å². The highest BCUT2D eigenvalue weighted by Gasteiger charge is 2.19. The van der Waals surface area contributed by atoms with Crippen LogP contribution >= 0.6 is 11.6 Å². The monoisotopic (exact) mass is 447 g/mol. The summed E-state index contributed by atoms with van der Waals surface area (Å²) in [4.78, 5) is 23.7. The molecule has 1 aliphatic rings. The molecule has 162 valence electrons. The number of rotatable bonds is 4. The number of anilines is 2. The van der Waals surface area contributed by atoms with Crippen molar-refractivity contribution in [3.63, 3.8) is 0 Å². The zero-order chi connectivity index (χ0) is 22.1. The maximum atomic E-state index is 12.7. The fraction of sp³-hybridized carbons (Fsp3) is 0.208. The number of fused-ring (bicyclic) bond motifs is 1. The Kier molecular flexibility index (Phi) is 5.51. The van der Waals surface area contributed by atoms with Gasteiger partial charge in [0, 0.05) is 30.4 Å². The fourth-order valence-corrected chi connectivity index (χ4v) is 4.07. The lowest BCUT2D eigenvalue weighted by atomic mass is 10.1. The predicted molar refractivity (Wildman–Crippen MR) is 125 cm³/mol. The highest BCUT2D eigenvalue weighted by Crippen LogP contribution is 2.31. The molecule has 0 unspecified atom stereocenters. The summed E-state index contributed by atoms with van der Waals surface area (Å²) in [7, 11) is 0. The average molecular weight is 448 g/mol. The molecule has 1 fully saturated rings. The number of hydrogen-bond donors (Lipinski definition) is 1. The summed E-state index contributed by atoms with van der Waals surface area (Å²) in [6.07, 6.45) is 5.42. The molecule has 5 rings (SSSR count). The first-order chi connectivity index (χ1) is 15.6.